The van der Waals surface area contributed by atoms with E-state index in [-0.39, 0.29) is 12.5 Å². The number of carbonyl (C=O) groups is 2. The molecule has 0 radical (unpaired) electrons. The number of hydrogen-bond acceptors (Lipinski definition) is 4. The predicted molar refractivity (Wildman–Crippen MR) is 71.7 cm³/mol. The predicted octanol–water partition coefficient (Wildman–Crippen LogP) is 1.42. The van der Waals surface area contributed by atoms with Crippen LogP contribution in [0.3, 0.4) is 0 Å². The van der Waals surface area contributed by atoms with Crippen LogP contribution in [0.2, 0.25) is 0 Å². The van der Waals surface area contributed by atoms with Gasteiger partial charge in [-0.25, -0.2) is 4.98 Å². The van der Waals surface area contributed by atoms with E-state index in [0.29, 0.717) is 37.4 Å². The molecule has 1 atom stereocenters. The molecule has 1 saturated heterocycles. The third kappa shape index (κ3) is 3.26. The molecule has 1 aromatic heterocycles. The minimum absolute atomic E-state index is 0.175. The van der Waals surface area contributed by atoms with Gasteiger partial charge in [0.15, 0.2) is 0 Å². The van der Waals surface area contributed by atoms with Crippen LogP contribution >= 0.6 is 0 Å². The smallest absolute Gasteiger partial charge is 0.308 e. The van der Waals surface area contributed by atoms with E-state index in [1.807, 2.05) is 6.92 Å². The van der Waals surface area contributed by atoms with Gasteiger partial charge in [0.2, 0.25) is 5.88 Å². The Labute approximate surface area is 117 Å². The monoisotopic (exact) mass is 278 g/mol. The summed E-state index contributed by atoms with van der Waals surface area (Å²) < 4.78 is 5.22. The van der Waals surface area contributed by atoms with E-state index in [1.165, 1.54) is 6.20 Å². The van der Waals surface area contributed by atoms with Crippen molar-refractivity contribution in [1.29, 1.82) is 0 Å². The molecule has 1 N–H and O–H groups in total. The van der Waals surface area contributed by atoms with E-state index in [9.17, 15) is 9.59 Å². The molecule has 1 aromatic rings. The molecule has 6 heteroatoms. The second-order valence-corrected chi connectivity index (χ2v) is 4.75. The topological polar surface area (TPSA) is 79.7 Å². The van der Waals surface area contributed by atoms with Crippen LogP contribution in [0.1, 0.15) is 30.1 Å². The number of carboxylic acids is 1. The van der Waals surface area contributed by atoms with Crippen LogP contribution in [0.4, 0.5) is 0 Å². The maximum Gasteiger partial charge on any atom is 0.308 e. The van der Waals surface area contributed by atoms with E-state index in [2.05, 4.69) is 4.98 Å². The van der Waals surface area contributed by atoms with Crippen molar-refractivity contribution in [2.24, 2.45) is 5.92 Å². The number of aromatic nitrogens is 1. The summed E-state index contributed by atoms with van der Waals surface area (Å²) in [5, 5.41) is 9.04. The van der Waals surface area contributed by atoms with Crippen molar-refractivity contribution in [3.8, 4) is 5.88 Å². The summed E-state index contributed by atoms with van der Waals surface area (Å²) in [6.45, 7) is 3.24. The number of piperidine rings is 1. The SMILES string of the molecule is CCOc1ccc(C(=O)N2CCC[C@@H](C(=O)O)C2)cn1. The third-order valence-corrected chi connectivity index (χ3v) is 3.33. The van der Waals surface area contributed by atoms with Crippen molar-refractivity contribution in [3.63, 3.8) is 0 Å². The second-order valence-electron chi connectivity index (χ2n) is 4.75. The number of aliphatic carboxylic acids is 1. The lowest BCUT2D eigenvalue weighted by molar-refractivity contribution is -0.143. The molecule has 6 nitrogen and oxygen atoms in total. The van der Waals surface area contributed by atoms with Gasteiger partial charge in [0.1, 0.15) is 0 Å². The number of carbonyl (C=O) groups excluding carboxylic acids is 1. The number of nitrogens with zero attached hydrogens (tertiary/aromatic N) is 2. The molecular formula is C14H18N2O4. The fraction of sp³-hybridized carbons (Fsp3) is 0.500. The van der Waals surface area contributed by atoms with Crippen LogP contribution in [0, 0.1) is 5.92 Å². The number of carboxylic acid groups (broad SMARTS) is 1. The van der Waals surface area contributed by atoms with Gasteiger partial charge in [0.05, 0.1) is 18.1 Å². The largest absolute Gasteiger partial charge is 0.481 e. The van der Waals surface area contributed by atoms with Gasteiger partial charge in [-0.2, -0.15) is 0 Å². The lowest BCUT2D eigenvalue weighted by Crippen LogP contribution is -2.42. The molecule has 0 unspecified atom stereocenters. The Kier molecular flexibility index (Phi) is 4.55. The summed E-state index contributed by atoms with van der Waals surface area (Å²) in [4.78, 5) is 28.9. The number of rotatable bonds is 4. The fourth-order valence-corrected chi connectivity index (χ4v) is 2.29. The van der Waals surface area contributed by atoms with E-state index in [1.54, 1.807) is 17.0 Å². The number of hydrogen-bond donors (Lipinski definition) is 1. The summed E-state index contributed by atoms with van der Waals surface area (Å²) in [5.74, 6) is -1.01. The number of amides is 1. The van der Waals surface area contributed by atoms with Gasteiger partial charge in [0.25, 0.3) is 5.91 Å². The normalized spacial score (nSPS) is 18.6. The first-order valence-corrected chi connectivity index (χ1v) is 6.72. The third-order valence-electron chi connectivity index (χ3n) is 3.33. The summed E-state index contributed by atoms with van der Waals surface area (Å²) in [7, 11) is 0. The van der Waals surface area contributed by atoms with Crippen molar-refractivity contribution in [2.75, 3.05) is 19.7 Å². The molecule has 0 spiro atoms. The van der Waals surface area contributed by atoms with Crippen molar-refractivity contribution >= 4 is 11.9 Å². The van der Waals surface area contributed by atoms with E-state index in [0.717, 1.165) is 0 Å². The number of ether oxygens (including phenoxy) is 1. The number of likely N-dealkylation sites (tertiary alicyclic amines) is 1. The summed E-state index contributed by atoms with van der Waals surface area (Å²) in [6, 6.07) is 3.31. The Morgan fingerprint density at radius 2 is 2.30 bits per heavy atom. The van der Waals surface area contributed by atoms with Crippen LogP contribution < -0.4 is 4.74 Å². The molecule has 2 heterocycles. The standard InChI is InChI=1S/C14H18N2O4/c1-2-20-12-6-5-10(8-15-12)13(17)16-7-3-4-11(9-16)14(18)19/h5-6,8,11H,2-4,7,9H2,1H3,(H,18,19)/t11-/m1/s1. The Bertz CT molecular complexity index is 486. The van der Waals surface area contributed by atoms with Crippen LogP contribution in [-0.4, -0.2) is 46.6 Å². The Hall–Kier alpha value is -2.11. The van der Waals surface area contributed by atoms with Crippen molar-refractivity contribution < 1.29 is 19.4 Å². The van der Waals surface area contributed by atoms with Gasteiger partial charge in [-0.3, -0.25) is 9.59 Å². The summed E-state index contributed by atoms with van der Waals surface area (Å²) >= 11 is 0. The zero-order chi connectivity index (χ0) is 14.5. The van der Waals surface area contributed by atoms with Crippen molar-refractivity contribution in [1.82, 2.24) is 9.88 Å². The average molecular weight is 278 g/mol. The first-order chi connectivity index (χ1) is 9.61. The zero-order valence-corrected chi connectivity index (χ0v) is 11.4. The van der Waals surface area contributed by atoms with Gasteiger partial charge < -0.3 is 14.7 Å². The average Bonchev–Trinajstić information content (AvgIpc) is 2.48. The highest BCUT2D eigenvalue weighted by molar-refractivity contribution is 5.94. The first-order valence-electron chi connectivity index (χ1n) is 6.72. The molecule has 108 valence electrons. The van der Waals surface area contributed by atoms with Crippen LogP contribution in [-0.2, 0) is 4.79 Å². The Morgan fingerprint density at radius 3 is 2.90 bits per heavy atom. The van der Waals surface area contributed by atoms with Crippen LogP contribution in [0.5, 0.6) is 5.88 Å². The maximum atomic E-state index is 12.3. The molecule has 2 rings (SSSR count). The highest BCUT2D eigenvalue weighted by Crippen LogP contribution is 2.19. The van der Waals surface area contributed by atoms with Crippen molar-refractivity contribution in [2.45, 2.75) is 19.8 Å². The highest BCUT2D eigenvalue weighted by Gasteiger charge is 2.28. The lowest BCUT2D eigenvalue weighted by Gasteiger charge is -2.30. The Morgan fingerprint density at radius 1 is 1.50 bits per heavy atom. The maximum absolute atomic E-state index is 12.3. The molecule has 0 bridgehead atoms. The van der Waals surface area contributed by atoms with E-state index >= 15 is 0 Å². The fourth-order valence-electron chi connectivity index (χ4n) is 2.29. The highest BCUT2D eigenvalue weighted by atomic mass is 16.5. The molecule has 20 heavy (non-hydrogen) atoms. The van der Waals surface area contributed by atoms with E-state index in [4.69, 9.17) is 9.84 Å². The number of pyridine rings is 1. The summed E-state index contributed by atoms with van der Waals surface area (Å²) in [6.07, 6.45) is 2.81. The molecule has 1 amide bonds. The van der Waals surface area contributed by atoms with Crippen molar-refractivity contribution in [3.05, 3.63) is 23.9 Å². The first kappa shape index (κ1) is 14.3. The van der Waals surface area contributed by atoms with Crippen LogP contribution in [0.15, 0.2) is 18.3 Å². The Balaban J connectivity index is 2.04. The molecule has 0 aromatic carbocycles. The van der Waals surface area contributed by atoms with Gasteiger partial charge >= 0.3 is 5.97 Å². The summed E-state index contributed by atoms with van der Waals surface area (Å²) in [5.41, 5.74) is 0.458. The van der Waals surface area contributed by atoms with Gasteiger partial charge in [0, 0.05) is 25.4 Å². The van der Waals surface area contributed by atoms with E-state index < -0.39 is 11.9 Å². The quantitative estimate of drug-likeness (QED) is 0.901. The second kappa shape index (κ2) is 6.36. The molecule has 0 aliphatic carbocycles. The molecule has 1 aliphatic heterocycles. The minimum Gasteiger partial charge on any atom is -0.481 e. The molecule has 0 saturated carbocycles. The van der Waals surface area contributed by atoms with Crippen LogP contribution in [0.25, 0.3) is 0 Å². The lowest BCUT2D eigenvalue weighted by atomic mass is 9.98. The minimum atomic E-state index is -0.840. The van der Waals surface area contributed by atoms with Gasteiger partial charge in [-0.1, -0.05) is 0 Å². The molecule has 1 aliphatic rings. The zero-order valence-electron chi connectivity index (χ0n) is 11.4. The molecule has 1 fully saturated rings. The van der Waals surface area contributed by atoms with Gasteiger partial charge in [-0.15, -0.1) is 0 Å². The van der Waals surface area contributed by atoms with Gasteiger partial charge in [-0.05, 0) is 25.8 Å². The molecular weight excluding hydrogens is 260 g/mol.